The maximum absolute atomic E-state index is 8.82. The van der Waals surface area contributed by atoms with Gasteiger partial charge in [0.15, 0.2) is 0 Å². The minimum atomic E-state index is 0.456. The predicted molar refractivity (Wildman–Crippen MR) is 57.5 cm³/mol. The molecule has 15 heavy (non-hydrogen) atoms. The SMILES string of the molecule is Cc1cc(C#N)nc(N2CCC(C)C2)n1. The lowest BCUT2D eigenvalue weighted by atomic mass is 10.2. The number of hydrogen-bond donors (Lipinski definition) is 0. The van der Waals surface area contributed by atoms with E-state index in [1.165, 1.54) is 6.42 Å². The molecule has 2 rings (SSSR count). The van der Waals surface area contributed by atoms with E-state index >= 15 is 0 Å². The number of rotatable bonds is 1. The van der Waals surface area contributed by atoms with Crippen molar-refractivity contribution in [2.24, 2.45) is 5.92 Å². The highest BCUT2D eigenvalue weighted by molar-refractivity contribution is 5.36. The van der Waals surface area contributed by atoms with E-state index in [9.17, 15) is 0 Å². The Balaban J connectivity index is 2.29. The van der Waals surface area contributed by atoms with Gasteiger partial charge in [0.05, 0.1) is 0 Å². The first-order chi connectivity index (χ1) is 7.19. The van der Waals surface area contributed by atoms with Crippen molar-refractivity contribution in [3.63, 3.8) is 0 Å². The first-order valence-corrected chi connectivity index (χ1v) is 5.20. The van der Waals surface area contributed by atoms with Crippen LogP contribution in [0, 0.1) is 24.2 Å². The number of nitrogens with zero attached hydrogens (tertiary/aromatic N) is 4. The van der Waals surface area contributed by atoms with Gasteiger partial charge in [-0.25, -0.2) is 9.97 Å². The molecule has 0 aromatic carbocycles. The highest BCUT2D eigenvalue weighted by Gasteiger charge is 2.21. The Kier molecular flexibility index (Phi) is 2.55. The van der Waals surface area contributed by atoms with Crippen LogP contribution in [-0.2, 0) is 0 Å². The molecule has 0 spiro atoms. The van der Waals surface area contributed by atoms with Crippen molar-refractivity contribution in [3.8, 4) is 6.07 Å². The molecule has 1 saturated heterocycles. The molecule has 2 heterocycles. The normalized spacial score (nSPS) is 20.3. The van der Waals surface area contributed by atoms with E-state index in [2.05, 4.69) is 27.9 Å². The Labute approximate surface area is 89.6 Å². The van der Waals surface area contributed by atoms with Gasteiger partial charge >= 0.3 is 0 Å². The van der Waals surface area contributed by atoms with Crippen LogP contribution in [0.4, 0.5) is 5.95 Å². The summed E-state index contributed by atoms with van der Waals surface area (Å²) < 4.78 is 0. The molecule has 78 valence electrons. The number of nitriles is 1. The quantitative estimate of drug-likeness (QED) is 0.692. The molecule has 0 aliphatic carbocycles. The summed E-state index contributed by atoms with van der Waals surface area (Å²) in [4.78, 5) is 10.7. The standard InChI is InChI=1S/C11H14N4/c1-8-3-4-15(7-8)11-13-9(2)5-10(6-12)14-11/h5,8H,3-4,7H2,1-2H3. The minimum Gasteiger partial charge on any atom is -0.341 e. The van der Waals surface area contributed by atoms with Crippen LogP contribution in [0.5, 0.6) is 0 Å². The van der Waals surface area contributed by atoms with Gasteiger partial charge in [-0.05, 0) is 25.3 Å². The lowest BCUT2D eigenvalue weighted by Gasteiger charge is -2.15. The fraction of sp³-hybridized carbons (Fsp3) is 0.545. The number of aromatic nitrogens is 2. The second-order valence-electron chi connectivity index (χ2n) is 4.15. The van der Waals surface area contributed by atoms with Crippen molar-refractivity contribution >= 4 is 5.95 Å². The van der Waals surface area contributed by atoms with Gasteiger partial charge in [-0.15, -0.1) is 0 Å². The minimum absolute atomic E-state index is 0.456. The van der Waals surface area contributed by atoms with Crippen molar-refractivity contribution < 1.29 is 0 Å². The maximum atomic E-state index is 8.82. The van der Waals surface area contributed by atoms with Crippen molar-refractivity contribution in [3.05, 3.63) is 17.5 Å². The van der Waals surface area contributed by atoms with Gasteiger partial charge in [0, 0.05) is 18.8 Å². The summed E-state index contributed by atoms with van der Waals surface area (Å²) in [6.07, 6.45) is 1.18. The predicted octanol–water partition coefficient (Wildman–Crippen LogP) is 1.50. The van der Waals surface area contributed by atoms with Gasteiger partial charge in [0.2, 0.25) is 5.95 Å². The summed E-state index contributed by atoms with van der Waals surface area (Å²) >= 11 is 0. The third kappa shape index (κ3) is 2.07. The molecular formula is C11H14N4. The van der Waals surface area contributed by atoms with E-state index in [-0.39, 0.29) is 0 Å². The third-order valence-electron chi connectivity index (χ3n) is 2.66. The van der Waals surface area contributed by atoms with Crippen LogP contribution in [0.25, 0.3) is 0 Å². The van der Waals surface area contributed by atoms with Crippen LogP contribution in [0.2, 0.25) is 0 Å². The molecule has 1 fully saturated rings. The molecule has 1 atom stereocenters. The first kappa shape index (κ1) is 9.91. The largest absolute Gasteiger partial charge is 0.341 e. The van der Waals surface area contributed by atoms with E-state index in [4.69, 9.17) is 5.26 Å². The van der Waals surface area contributed by atoms with Crippen molar-refractivity contribution in [2.45, 2.75) is 20.3 Å². The molecule has 0 amide bonds. The van der Waals surface area contributed by atoms with E-state index in [0.29, 0.717) is 17.6 Å². The molecule has 1 unspecified atom stereocenters. The molecular weight excluding hydrogens is 188 g/mol. The lowest BCUT2D eigenvalue weighted by molar-refractivity contribution is 0.658. The molecule has 1 aliphatic rings. The summed E-state index contributed by atoms with van der Waals surface area (Å²) in [7, 11) is 0. The number of hydrogen-bond acceptors (Lipinski definition) is 4. The Morgan fingerprint density at radius 2 is 2.33 bits per heavy atom. The Bertz CT molecular complexity index is 408. The molecule has 1 aromatic heterocycles. The van der Waals surface area contributed by atoms with Crippen LogP contribution >= 0.6 is 0 Å². The Morgan fingerprint density at radius 3 is 2.93 bits per heavy atom. The van der Waals surface area contributed by atoms with Crippen molar-refractivity contribution in [1.82, 2.24) is 9.97 Å². The topological polar surface area (TPSA) is 52.8 Å². The monoisotopic (exact) mass is 202 g/mol. The van der Waals surface area contributed by atoms with Crippen LogP contribution in [0.1, 0.15) is 24.7 Å². The zero-order valence-corrected chi connectivity index (χ0v) is 9.06. The molecule has 1 aromatic rings. The fourth-order valence-electron chi connectivity index (χ4n) is 1.87. The smallest absolute Gasteiger partial charge is 0.226 e. The van der Waals surface area contributed by atoms with Crippen LogP contribution in [0.3, 0.4) is 0 Å². The molecule has 4 nitrogen and oxygen atoms in total. The average Bonchev–Trinajstić information content (AvgIpc) is 2.64. The van der Waals surface area contributed by atoms with Crippen molar-refractivity contribution in [1.29, 1.82) is 5.26 Å². The van der Waals surface area contributed by atoms with E-state index in [1.54, 1.807) is 6.07 Å². The molecule has 0 radical (unpaired) electrons. The lowest BCUT2D eigenvalue weighted by Crippen LogP contribution is -2.22. The summed E-state index contributed by atoms with van der Waals surface area (Å²) in [6.45, 7) is 6.11. The van der Waals surface area contributed by atoms with Crippen molar-refractivity contribution in [2.75, 3.05) is 18.0 Å². The van der Waals surface area contributed by atoms with Crippen LogP contribution in [-0.4, -0.2) is 23.1 Å². The van der Waals surface area contributed by atoms with Gasteiger partial charge in [-0.3, -0.25) is 0 Å². The second-order valence-corrected chi connectivity index (χ2v) is 4.15. The Morgan fingerprint density at radius 1 is 1.53 bits per heavy atom. The maximum Gasteiger partial charge on any atom is 0.226 e. The summed E-state index contributed by atoms with van der Waals surface area (Å²) in [5, 5.41) is 8.82. The molecule has 4 heteroatoms. The van der Waals surface area contributed by atoms with E-state index < -0.39 is 0 Å². The zero-order valence-electron chi connectivity index (χ0n) is 9.06. The third-order valence-corrected chi connectivity index (χ3v) is 2.66. The zero-order chi connectivity index (χ0) is 10.8. The van der Waals surface area contributed by atoms with Gasteiger partial charge in [-0.1, -0.05) is 6.92 Å². The highest BCUT2D eigenvalue weighted by Crippen LogP contribution is 2.20. The van der Waals surface area contributed by atoms with Gasteiger partial charge < -0.3 is 4.90 Å². The highest BCUT2D eigenvalue weighted by atomic mass is 15.3. The van der Waals surface area contributed by atoms with Gasteiger partial charge in [0.25, 0.3) is 0 Å². The van der Waals surface area contributed by atoms with Gasteiger partial charge in [-0.2, -0.15) is 5.26 Å². The first-order valence-electron chi connectivity index (χ1n) is 5.20. The van der Waals surface area contributed by atoms with E-state index in [0.717, 1.165) is 18.8 Å². The molecule has 0 bridgehead atoms. The summed E-state index contributed by atoms with van der Waals surface area (Å²) in [5.74, 6) is 1.40. The fourth-order valence-corrected chi connectivity index (χ4v) is 1.87. The average molecular weight is 202 g/mol. The summed E-state index contributed by atoms with van der Waals surface area (Å²) in [5.41, 5.74) is 1.31. The molecule has 0 N–H and O–H groups in total. The second kappa shape index (κ2) is 3.85. The molecule has 0 saturated carbocycles. The molecule has 1 aliphatic heterocycles. The van der Waals surface area contributed by atoms with Crippen LogP contribution < -0.4 is 4.90 Å². The summed E-state index contributed by atoms with van der Waals surface area (Å²) in [6, 6.07) is 3.78. The van der Waals surface area contributed by atoms with Gasteiger partial charge in [0.1, 0.15) is 11.8 Å². The number of anilines is 1. The Hall–Kier alpha value is -1.63. The van der Waals surface area contributed by atoms with E-state index in [1.807, 2.05) is 6.92 Å². The van der Waals surface area contributed by atoms with Crippen LogP contribution in [0.15, 0.2) is 6.07 Å². The number of aryl methyl sites for hydroxylation is 1.